The third kappa shape index (κ3) is 9.17. The van der Waals surface area contributed by atoms with Crippen LogP contribution in [-0.2, 0) is 26.0 Å². The van der Waals surface area contributed by atoms with Crippen LogP contribution in [0.3, 0.4) is 0 Å². The quantitative estimate of drug-likeness (QED) is 0.181. The molecule has 2 heterocycles. The Bertz CT molecular complexity index is 1930. The fourth-order valence-corrected chi connectivity index (χ4v) is 5.11. The third-order valence-electron chi connectivity index (χ3n) is 6.48. The number of nitrogens with two attached hydrogens (primary N) is 2. The molecule has 4 aromatic rings. The molecule has 2 amide bonds. The van der Waals surface area contributed by atoms with Crippen molar-refractivity contribution in [3.8, 4) is 34.0 Å². The standard InChI is InChI=1S/C33H40N8O7S/c1-32(2,3)46-30(42)41(31(43)47-33(4,5)6)28-27(26-17-24(39-48-26)21-11-9-20(10-12-21)18-37-29(34)35)38-25(19-36-28)22-13-15-23(16-14-22)49(44,45)40(7)8/h9-17,19H,18H2,1-8H3,(H4,34,35,37). The summed E-state index contributed by atoms with van der Waals surface area (Å²) in [4.78, 5) is 41.1. The van der Waals surface area contributed by atoms with Crippen LogP contribution in [0.4, 0.5) is 15.4 Å². The Balaban J connectivity index is 1.86. The van der Waals surface area contributed by atoms with E-state index in [0.717, 1.165) is 9.87 Å². The number of nitrogens with zero attached hydrogens (tertiary/aromatic N) is 6. The maximum absolute atomic E-state index is 13.6. The number of anilines is 1. The predicted molar refractivity (Wildman–Crippen MR) is 184 cm³/mol. The zero-order valence-electron chi connectivity index (χ0n) is 28.6. The van der Waals surface area contributed by atoms with Crippen molar-refractivity contribution in [2.75, 3.05) is 19.0 Å². The first-order chi connectivity index (χ1) is 22.7. The predicted octanol–water partition coefficient (Wildman–Crippen LogP) is 5.17. The molecule has 0 spiro atoms. The highest BCUT2D eigenvalue weighted by Gasteiger charge is 2.37. The van der Waals surface area contributed by atoms with Crippen LogP contribution < -0.4 is 16.4 Å². The molecular weight excluding hydrogens is 652 g/mol. The molecule has 2 aromatic heterocycles. The van der Waals surface area contributed by atoms with Crippen molar-refractivity contribution in [2.24, 2.45) is 16.5 Å². The van der Waals surface area contributed by atoms with Gasteiger partial charge in [0.05, 0.1) is 23.3 Å². The van der Waals surface area contributed by atoms with Gasteiger partial charge in [-0.05, 0) is 59.2 Å². The summed E-state index contributed by atoms with van der Waals surface area (Å²) in [6.45, 7) is 10.2. The number of ether oxygens (including phenoxy) is 2. The molecule has 4 rings (SSSR count). The zero-order chi connectivity index (χ0) is 36.3. The lowest BCUT2D eigenvalue weighted by molar-refractivity contribution is 0.0429. The number of aromatic nitrogens is 3. The van der Waals surface area contributed by atoms with Crippen LogP contribution in [0.25, 0.3) is 34.0 Å². The number of carbonyl (C=O) groups is 2. The van der Waals surface area contributed by atoms with Crippen molar-refractivity contribution in [1.29, 1.82) is 0 Å². The van der Waals surface area contributed by atoms with Gasteiger partial charge in [0, 0.05) is 31.3 Å². The first-order valence-corrected chi connectivity index (χ1v) is 16.5. The molecule has 15 nitrogen and oxygen atoms in total. The van der Waals surface area contributed by atoms with Gasteiger partial charge < -0.3 is 25.5 Å². The lowest BCUT2D eigenvalue weighted by Crippen LogP contribution is -2.44. The van der Waals surface area contributed by atoms with Crippen LogP contribution in [0.5, 0.6) is 0 Å². The van der Waals surface area contributed by atoms with E-state index in [0.29, 0.717) is 28.3 Å². The van der Waals surface area contributed by atoms with Crippen LogP contribution in [0.15, 0.2) is 75.2 Å². The van der Waals surface area contributed by atoms with E-state index in [4.69, 9.17) is 30.4 Å². The molecule has 0 saturated heterocycles. The van der Waals surface area contributed by atoms with E-state index in [9.17, 15) is 18.0 Å². The fraction of sp³-hybridized carbons (Fsp3) is 0.333. The second kappa shape index (κ2) is 14.0. The summed E-state index contributed by atoms with van der Waals surface area (Å²) in [7, 11) is -0.805. The van der Waals surface area contributed by atoms with Crippen LogP contribution in [-0.4, -0.2) is 71.3 Å². The molecule has 16 heteroatoms. The number of sulfonamides is 1. The maximum Gasteiger partial charge on any atom is 0.425 e. The summed E-state index contributed by atoms with van der Waals surface area (Å²) in [5.74, 6) is -0.201. The number of aliphatic imine (C=N–C) groups is 1. The Hall–Kier alpha value is -5.35. The van der Waals surface area contributed by atoms with E-state index in [1.807, 2.05) is 12.1 Å². The molecule has 0 bridgehead atoms. The molecule has 2 aromatic carbocycles. The van der Waals surface area contributed by atoms with Crippen molar-refractivity contribution in [3.05, 3.63) is 66.4 Å². The summed E-state index contributed by atoms with van der Waals surface area (Å²) in [6, 6.07) is 14.9. The first kappa shape index (κ1) is 36.5. The number of carbonyl (C=O) groups excluding carboxylic acids is 2. The molecule has 260 valence electrons. The molecule has 0 aliphatic carbocycles. The Morgan fingerprint density at radius 1 is 0.857 bits per heavy atom. The van der Waals surface area contributed by atoms with E-state index >= 15 is 0 Å². The van der Waals surface area contributed by atoms with Crippen molar-refractivity contribution < 1.29 is 32.0 Å². The van der Waals surface area contributed by atoms with Crippen molar-refractivity contribution >= 4 is 34.0 Å². The molecule has 0 atom stereocenters. The second-order valence-electron chi connectivity index (χ2n) is 13.0. The van der Waals surface area contributed by atoms with Gasteiger partial charge in [0.25, 0.3) is 0 Å². The first-order valence-electron chi connectivity index (χ1n) is 15.0. The summed E-state index contributed by atoms with van der Waals surface area (Å²) in [6.07, 6.45) is -0.776. The van der Waals surface area contributed by atoms with Gasteiger partial charge in [0.15, 0.2) is 23.2 Å². The van der Waals surface area contributed by atoms with Crippen molar-refractivity contribution in [3.63, 3.8) is 0 Å². The smallest absolute Gasteiger partial charge is 0.425 e. The Morgan fingerprint density at radius 3 is 1.90 bits per heavy atom. The van der Waals surface area contributed by atoms with Crippen molar-refractivity contribution in [2.45, 2.75) is 64.2 Å². The summed E-state index contributed by atoms with van der Waals surface area (Å²) >= 11 is 0. The minimum Gasteiger partial charge on any atom is -0.443 e. The average Bonchev–Trinajstić information content (AvgIpc) is 3.49. The van der Waals surface area contributed by atoms with Crippen molar-refractivity contribution in [1.82, 2.24) is 19.4 Å². The van der Waals surface area contributed by atoms with E-state index in [-0.39, 0.29) is 33.8 Å². The minimum absolute atomic E-state index is 0.0225. The van der Waals surface area contributed by atoms with Gasteiger partial charge in [-0.3, -0.25) is 0 Å². The number of rotatable bonds is 8. The SMILES string of the molecule is CN(C)S(=O)(=O)c1ccc(-c2cnc(N(C(=O)OC(C)(C)C)C(=O)OC(C)(C)C)c(-c3cc(-c4ccc(CN=C(N)N)cc4)no3)n2)cc1. The Morgan fingerprint density at radius 2 is 1.39 bits per heavy atom. The summed E-state index contributed by atoms with van der Waals surface area (Å²) in [5, 5.41) is 4.20. The summed E-state index contributed by atoms with van der Waals surface area (Å²) in [5.41, 5.74) is 11.6. The molecule has 0 unspecified atom stereocenters. The molecule has 49 heavy (non-hydrogen) atoms. The van der Waals surface area contributed by atoms with Crippen LogP contribution in [0, 0.1) is 0 Å². The van der Waals surface area contributed by atoms with E-state index < -0.39 is 33.4 Å². The normalized spacial score (nSPS) is 12.0. The average molecular weight is 693 g/mol. The molecule has 4 N–H and O–H groups in total. The largest absolute Gasteiger partial charge is 0.443 e. The van der Waals surface area contributed by atoms with Gasteiger partial charge in [0.1, 0.15) is 16.9 Å². The second-order valence-corrected chi connectivity index (χ2v) is 15.2. The number of hydrogen-bond acceptors (Lipinski definition) is 11. The highest BCUT2D eigenvalue weighted by molar-refractivity contribution is 7.89. The number of hydrogen-bond donors (Lipinski definition) is 2. The third-order valence-corrected chi connectivity index (χ3v) is 8.31. The molecule has 0 aliphatic rings. The molecular formula is C33H40N8O7S. The summed E-state index contributed by atoms with van der Waals surface area (Å²) < 4.78 is 43.2. The lowest BCUT2D eigenvalue weighted by Gasteiger charge is -2.28. The van der Waals surface area contributed by atoms with Gasteiger partial charge in [0.2, 0.25) is 10.0 Å². The van der Waals surface area contributed by atoms with Gasteiger partial charge >= 0.3 is 12.2 Å². The van der Waals surface area contributed by atoms with Crippen LogP contribution in [0.2, 0.25) is 0 Å². The van der Waals surface area contributed by atoms with Crippen LogP contribution in [0.1, 0.15) is 47.1 Å². The topological polar surface area (TPSA) is 209 Å². The molecule has 0 radical (unpaired) electrons. The monoisotopic (exact) mass is 692 g/mol. The van der Waals surface area contributed by atoms with Gasteiger partial charge in [-0.1, -0.05) is 41.6 Å². The number of guanidine groups is 1. The Kier molecular flexibility index (Phi) is 10.4. The molecule has 0 saturated carbocycles. The van der Waals surface area contributed by atoms with Gasteiger partial charge in [-0.2, -0.15) is 4.90 Å². The highest BCUT2D eigenvalue weighted by atomic mass is 32.2. The maximum atomic E-state index is 13.6. The lowest BCUT2D eigenvalue weighted by atomic mass is 10.1. The fourth-order valence-electron chi connectivity index (χ4n) is 4.21. The molecule has 0 aliphatic heterocycles. The number of amides is 2. The zero-order valence-corrected chi connectivity index (χ0v) is 29.4. The number of benzene rings is 2. The number of imide groups is 1. The van der Waals surface area contributed by atoms with Crippen LogP contribution >= 0.6 is 0 Å². The van der Waals surface area contributed by atoms with Gasteiger partial charge in [-0.15, -0.1) is 0 Å². The minimum atomic E-state index is -3.68. The highest BCUT2D eigenvalue weighted by Crippen LogP contribution is 2.34. The van der Waals surface area contributed by atoms with E-state index in [1.165, 1.54) is 32.4 Å². The Labute approximate surface area is 285 Å². The van der Waals surface area contributed by atoms with E-state index in [2.05, 4.69) is 15.1 Å². The molecule has 0 fully saturated rings. The van der Waals surface area contributed by atoms with Gasteiger partial charge in [-0.25, -0.2) is 37.3 Å². The van der Waals surface area contributed by atoms with E-state index in [1.54, 1.807) is 71.9 Å².